The summed E-state index contributed by atoms with van der Waals surface area (Å²) in [5.41, 5.74) is 3.07. The number of benzene rings is 3. The first kappa shape index (κ1) is 22.4. The van der Waals surface area contributed by atoms with Gasteiger partial charge in [0.05, 0.1) is 13.2 Å². The van der Waals surface area contributed by atoms with Gasteiger partial charge in [0.15, 0.2) is 17.3 Å². The standard InChI is InChI=1S/C26H23ClN2O4/c1-16-23(25(30)17-8-4-3-5-9-17)24(29-26(31)28-16)18-12-13-21(22(14-18)32-2)33-15-19-10-6-7-11-20(19)27/h3-14,24H,15H2,1-2H3,(H2,28,29,31)/t24-/m0/s1. The summed E-state index contributed by atoms with van der Waals surface area (Å²) in [7, 11) is 1.54. The lowest BCUT2D eigenvalue weighted by Crippen LogP contribution is -2.45. The minimum atomic E-state index is -0.641. The summed E-state index contributed by atoms with van der Waals surface area (Å²) < 4.78 is 11.5. The number of ether oxygens (including phenoxy) is 2. The molecule has 1 heterocycles. The van der Waals surface area contributed by atoms with Crippen LogP contribution in [0.5, 0.6) is 11.5 Å². The van der Waals surface area contributed by atoms with E-state index in [1.54, 1.807) is 56.5 Å². The summed E-state index contributed by atoms with van der Waals surface area (Å²) in [6.07, 6.45) is 0. The number of hydrogen-bond acceptors (Lipinski definition) is 4. The summed E-state index contributed by atoms with van der Waals surface area (Å²) in [4.78, 5) is 25.5. The number of Topliss-reactive ketones (excluding diaryl/α,β-unsaturated/α-hetero) is 1. The zero-order valence-corrected chi connectivity index (χ0v) is 19.0. The lowest BCUT2D eigenvalue weighted by atomic mass is 9.89. The number of rotatable bonds is 7. The average molecular weight is 463 g/mol. The fraction of sp³-hybridized carbons (Fsp3) is 0.154. The van der Waals surface area contributed by atoms with Gasteiger partial charge in [0.25, 0.3) is 0 Å². The van der Waals surface area contributed by atoms with Crippen LogP contribution in [0.1, 0.15) is 34.5 Å². The quantitative estimate of drug-likeness (QED) is 0.458. The molecule has 2 amide bonds. The third-order valence-corrected chi connectivity index (χ3v) is 5.78. The molecular formula is C26H23ClN2O4. The van der Waals surface area contributed by atoms with Crippen LogP contribution in [0.2, 0.25) is 5.02 Å². The molecule has 1 aliphatic rings. The van der Waals surface area contributed by atoms with Gasteiger partial charge in [-0.25, -0.2) is 4.79 Å². The van der Waals surface area contributed by atoms with Gasteiger partial charge < -0.3 is 20.1 Å². The Balaban J connectivity index is 1.65. The van der Waals surface area contributed by atoms with Crippen LogP contribution in [0.25, 0.3) is 0 Å². The molecule has 4 rings (SSSR count). The number of allylic oxidation sites excluding steroid dienone is 1. The summed E-state index contributed by atoms with van der Waals surface area (Å²) >= 11 is 6.22. The van der Waals surface area contributed by atoms with Crippen LogP contribution < -0.4 is 20.1 Å². The van der Waals surface area contributed by atoms with Crippen LogP contribution in [0, 0.1) is 0 Å². The molecule has 1 aliphatic heterocycles. The smallest absolute Gasteiger partial charge is 0.319 e. The summed E-state index contributed by atoms with van der Waals surface area (Å²) in [5, 5.41) is 6.18. The van der Waals surface area contributed by atoms with Crippen molar-refractivity contribution in [1.29, 1.82) is 0 Å². The van der Waals surface area contributed by atoms with Gasteiger partial charge in [-0.05, 0) is 30.7 Å². The number of nitrogens with one attached hydrogen (secondary N) is 2. The zero-order chi connectivity index (χ0) is 23.4. The average Bonchev–Trinajstić information content (AvgIpc) is 2.83. The van der Waals surface area contributed by atoms with Gasteiger partial charge in [0.1, 0.15) is 6.61 Å². The summed E-state index contributed by atoms with van der Waals surface area (Å²) in [5.74, 6) is 0.846. The highest BCUT2D eigenvalue weighted by Gasteiger charge is 2.32. The monoisotopic (exact) mass is 462 g/mol. The van der Waals surface area contributed by atoms with Crippen LogP contribution in [0.3, 0.4) is 0 Å². The first-order valence-corrected chi connectivity index (χ1v) is 10.8. The number of ketones is 1. The molecule has 2 N–H and O–H groups in total. The number of amides is 2. The van der Waals surface area contributed by atoms with E-state index in [0.717, 1.165) is 5.56 Å². The van der Waals surface area contributed by atoms with E-state index in [4.69, 9.17) is 21.1 Å². The summed E-state index contributed by atoms with van der Waals surface area (Å²) in [6, 6.07) is 20.7. The van der Waals surface area contributed by atoms with Crippen molar-refractivity contribution < 1.29 is 19.1 Å². The molecule has 0 saturated carbocycles. The van der Waals surface area contributed by atoms with Gasteiger partial charge >= 0.3 is 6.03 Å². The predicted octanol–water partition coefficient (Wildman–Crippen LogP) is 5.44. The van der Waals surface area contributed by atoms with Gasteiger partial charge in [-0.1, -0.05) is 66.2 Å². The highest BCUT2D eigenvalue weighted by molar-refractivity contribution is 6.31. The van der Waals surface area contributed by atoms with Crippen LogP contribution in [-0.2, 0) is 6.61 Å². The second-order valence-electron chi connectivity index (χ2n) is 7.56. The molecule has 33 heavy (non-hydrogen) atoms. The van der Waals surface area contributed by atoms with Crippen molar-refractivity contribution in [2.24, 2.45) is 0 Å². The van der Waals surface area contributed by atoms with E-state index >= 15 is 0 Å². The lowest BCUT2D eigenvalue weighted by molar-refractivity contribution is 0.102. The Morgan fingerprint density at radius 3 is 2.45 bits per heavy atom. The van der Waals surface area contributed by atoms with E-state index in [-0.39, 0.29) is 18.4 Å². The number of halogens is 1. The minimum absolute atomic E-state index is 0.163. The van der Waals surface area contributed by atoms with Crippen molar-refractivity contribution >= 4 is 23.4 Å². The molecular weight excluding hydrogens is 440 g/mol. The molecule has 0 radical (unpaired) electrons. The predicted molar refractivity (Wildman–Crippen MR) is 127 cm³/mol. The van der Waals surface area contributed by atoms with Gasteiger partial charge in [-0.15, -0.1) is 0 Å². The molecule has 0 bridgehead atoms. The van der Waals surface area contributed by atoms with Crippen LogP contribution in [0.4, 0.5) is 4.79 Å². The normalized spacial score (nSPS) is 15.5. The largest absolute Gasteiger partial charge is 0.493 e. The molecule has 1 atom stereocenters. The van der Waals surface area contributed by atoms with Crippen molar-refractivity contribution in [1.82, 2.24) is 10.6 Å². The number of methoxy groups -OCH3 is 1. The molecule has 7 heteroatoms. The molecule has 0 unspecified atom stereocenters. The van der Waals surface area contributed by atoms with Crippen LogP contribution in [0.15, 0.2) is 84.1 Å². The van der Waals surface area contributed by atoms with Crippen molar-refractivity contribution in [3.8, 4) is 11.5 Å². The van der Waals surface area contributed by atoms with Gasteiger partial charge in [0, 0.05) is 27.4 Å². The van der Waals surface area contributed by atoms with E-state index < -0.39 is 6.04 Å². The number of hydrogen-bond donors (Lipinski definition) is 2. The molecule has 0 spiro atoms. The van der Waals surface area contributed by atoms with E-state index in [1.807, 2.05) is 30.3 Å². The highest BCUT2D eigenvalue weighted by atomic mass is 35.5. The van der Waals surface area contributed by atoms with Crippen LogP contribution >= 0.6 is 11.6 Å². The summed E-state index contributed by atoms with van der Waals surface area (Å²) in [6.45, 7) is 2.00. The van der Waals surface area contributed by atoms with E-state index in [0.29, 0.717) is 38.9 Å². The maximum absolute atomic E-state index is 13.3. The first-order valence-electron chi connectivity index (χ1n) is 10.4. The zero-order valence-electron chi connectivity index (χ0n) is 18.2. The Labute approximate surface area is 197 Å². The Kier molecular flexibility index (Phi) is 6.66. The molecule has 0 saturated heterocycles. The molecule has 6 nitrogen and oxygen atoms in total. The van der Waals surface area contributed by atoms with Crippen molar-refractivity contribution in [2.75, 3.05) is 7.11 Å². The maximum atomic E-state index is 13.3. The van der Waals surface area contributed by atoms with Gasteiger partial charge in [-0.3, -0.25) is 4.79 Å². The SMILES string of the molecule is COc1cc([C@@H]2NC(=O)NC(C)=C2C(=O)c2ccccc2)ccc1OCc1ccccc1Cl. The number of carbonyl (C=O) groups excluding carboxylic acids is 2. The second kappa shape index (κ2) is 9.79. The third kappa shape index (κ3) is 4.86. The lowest BCUT2D eigenvalue weighted by Gasteiger charge is -2.29. The molecule has 3 aromatic carbocycles. The Hall–Kier alpha value is -3.77. The molecule has 0 aliphatic carbocycles. The Bertz CT molecular complexity index is 1220. The minimum Gasteiger partial charge on any atom is -0.493 e. The third-order valence-electron chi connectivity index (χ3n) is 5.41. The van der Waals surface area contributed by atoms with Crippen molar-refractivity contribution in [3.63, 3.8) is 0 Å². The fourth-order valence-electron chi connectivity index (χ4n) is 3.74. The molecule has 3 aromatic rings. The van der Waals surface area contributed by atoms with E-state index in [9.17, 15) is 9.59 Å². The van der Waals surface area contributed by atoms with Gasteiger partial charge in [0.2, 0.25) is 0 Å². The Morgan fingerprint density at radius 1 is 1.00 bits per heavy atom. The number of urea groups is 1. The maximum Gasteiger partial charge on any atom is 0.319 e. The first-order chi connectivity index (χ1) is 16.0. The topological polar surface area (TPSA) is 76.7 Å². The van der Waals surface area contributed by atoms with E-state index in [2.05, 4.69) is 10.6 Å². The van der Waals surface area contributed by atoms with Gasteiger partial charge in [-0.2, -0.15) is 0 Å². The fourth-order valence-corrected chi connectivity index (χ4v) is 3.93. The van der Waals surface area contributed by atoms with E-state index in [1.165, 1.54) is 0 Å². The highest BCUT2D eigenvalue weighted by Crippen LogP contribution is 2.36. The van der Waals surface area contributed by atoms with Crippen LogP contribution in [-0.4, -0.2) is 18.9 Å². The van der Waals surface area contributed by atoms with Crippen molar-refractivity contribution in [3.05, 3.63) is 106 Å². The number of carbonyl (C=O) groups is 2. The Morgan fingerprint density at radius 2 is 1.73 bits per heavy atom. The second-order valence-corrected chi connectivity index (χ2v) is 7.96. The molecule has 168 valence electrons. The molecule has 0 aromatic heterocycles. The van der Waals surface area contributed by atoms with Crippen molar-refractivity contribution in [2.45, 2.75) is 19.6 Å². The molecule has 0 fully saturated rings.